The van der Waals surface area contributed by atoms with Gasteiger partial charge in [0.25, 0.3) is 0 Å². The number of carbonyl (C=O) groups excluding carboxylic acids is 2. The fourth-order valence-corrected chi connectivity index (χ4v) is 8.85. The number of esters is 1. The molecule has 6 rings (SSSR count). The zero-order chi connectivity index (χ0) is 31.8. The molecule has 0 radical (unpaired) electrons. The second-order valence-electron chi connectivity index (χ2n) is 11.3. The summed E-state index contributed by atoms with van der Waals surface area (Å²) in [6.45, 7) is 14.4. The molecule has 0 atom stereocenters. The summed E-state index contributed by atoms with van der Waals surface area (Å²) in [4.78, 5) is 43.4. The molecule has 0 fully saturated rings. The highest BCUT2D eigenvalue weighted by molar-refractivity contribution is 9.11. The van der Waals surface area contributed by atoms with Crippen LogP contribution in [-0.4, -0.2) is 38.8 Å². The van der Waals surface area contributed by atoms with Gasteiger partial charge >= 0.3 is 5.97 Å². The molecule has 1 aliphatic carbocycles. The Kier molecular flexibility index (Phi) is 7.99. The van der Waals surface area contributed by atoms with E-state index in [0.717, 1.165) is 104 Å². The number of nitrogens with zero attached hydrogens (tertiary/aromatic N) is 2. The molecule has 0 unspecified atom stereocenters. The molecule has 3 aromatic heterocycles. The van der Waals surface area contributed by atoms with Crippen molar-refractivity contribution < 1.29 is 14.3 Å². The van der Waals surface area contributed by atoms with Crippen molar-refractivity contribution in [1.82, 2.24) is 19.9 Å². The lowest BCUT2D eigenvalue weighted by molar-refractivity contribution is -0.140. The molecule has 0 amide bonds. The van der Waals surface area contributed by atoms with Crippen molar-refractivity contribution in [1.29, 1.82) is 0 Å². The molecule has 3 aliphatic rings. The molecule has 226 valence electrons. The normalized spacial score (nSPS) is 14.2. The van der Waals surface area contributed by atoms with Crippen LogP contribution >= 0.6 is 47.8 Å². The fraction of sp³-hybridized carbons (Fsp3) is 0.294. The van der Waals surface area contributed by atoms with Crippen LogP contribution in [-0.2, 0) is 33.6 Å². The number of hydrogen-bond acceptors (Lipinski definition) is 5. The van der Waals surface area contributed by atoms with Crippen LogP contribution in [0.25, 0.3) is 44.4 Å². The van der Waals surface area contributed by atoms with Crippen LogP contribution in [0.15, 0.2) is 26.1 Å². The first kappa shape index (κ1) is 30.9. The Morgan fingerprint density at radius 3 is 2.07 bits per heavy atom. The lowest BCUT2D eigenvalue weighted by atomic mass is 10.0. The summed E-state index contributed by atoms with van der Waals surface area (Å²) in [6, 6.07) is 0. The molecule has 10 heteroatoms. The maximum atomic E-state index is 13.6. The minimum absolute atomic E-state index is 0.0346. The third kappa shape index (κ3) is 4.47. The SMILES string of the molecule is C=CC1=C(C)c2nc1c(Br)c1[nH]c(c(Br)c3nc4c(c5[nH]c(c(C)c5CCC(=O)OC)c2Br)CC(=O)C4=C3C)c(CC)c1C. The second-order valence-corrected chi connectivity index (χ2v) is 13.6. The Balaban J connectivity index is 1.88. The summed E-state index contributed by atoms with van der Waals surface area (Å²) >= 11 is 11.7. The predicted octanol–water partition coefficient (Wildman–Crippen LogP) is 9.06. The molecule has 8 bridgehead atoms. The van der Waals surface area contributed by atoms with Gasteiger partial charge in [0.15, 0.2) is 5.78 Å². The van der Waals surface area contributed by atoms with Gasteiger partial charge in [0.2, 0.25) is 0 Å². The first-order chi connectivity index (χ1) is 20.9. The maximum Gasteiger partial charge on any atom is 0.305 e. The number of halogens is 3. The maximum absolute atomic E-state index is 13.6. The molecule has 0 saturated carbocycles. The van der Waals surface area contributed by atoms with E-state index >= 15 is 0 Å². The Labute approximate surface area is 280 Å². The minimum atomic E-state index is -0.294. The molecule has 2 N–H and O–H groups in total. The first-order valence-corrected chi connectivity index (χ1v) is 16.8. The summed E-state index contributed by atoms with van der Waals surface area (Å²) in [7, 11) is 1.39. The van der Waals surface area contributed by atoms with E-state index in [2.05, 4.69) is 78.2 Å². The highest BCUT2D eigenvalue weighted by Gasteiger charge is 2.35. The van der Waals surface area contributed by atoms with Gasteiger partial charge in [0.05, 0.1) is 59.9 Å². The highest BCUT2D eigenvalue weighted by atomic mass is 79.9. The number of fused-ring (bicyclic) bond motifs is 8. The average molecular weight is 783 g/mol. The number of H-pyrrole nitrogens is 2. The predicted molar refractivity (Wildman–Crippen MR) is 187 cm³/mol. The molecule has 0 spiro atoms. The number of carbonyl (C=O) groups is 2. The summed E-state index contributed by atoms with van der Waals surface area (Å²) < 4.78 is 7.38. The van der Waals surface area contributed by atoms with Gasteiger partial charge in [0.1, 0.15) is 0 Å². The molecular weight excluding hydrogens is 752 g/mol. The quantitative estimate of drug-likeness (QED) is 0.252. The number of rotatable bonds is 5. The van der Waals surface area contributed by atoms with Crippen LogP contribution in [0, 0.1) is 13.8 Å². The van der Waals surface area contributed by atoms with Crippen LogP contribution in [0.3, 0.4) is 0 Å². The number of ketones is 1. The monoisotopic (exact) mass is 780 g/mol. The summed E-state index contributed by atoms with van der Waals surface area (Å²) in [5.41, 5.74) is 14.9. The first-order valence-electron chi connectivity index (χ1n) is 14.4. The zero-order valence-corrected chi connectivity index (χ0v) is 30.1. The largest absolute Gasteiger partial charge is 0.469 e. The Morgan fingerprint density at radius 2 is 1.43 bits per heavy atom. The molecule has 44 heavy (non-hydrogen) atoms. The standard InChI is InChI=1S/C34H31Br3N4O3/c1-8-17-13(3)27-24(35)29-15(5)19(10-11-22(43)44-7)31(38-29)20-12-21(42)23-16(6)30(39-32(20)23)26(37)34-18(9-2)14(4)28(41-34)25(36)33(17)40-27/h8,38,41H,1,9-12H2,2-7H3. The fourth-order valence-electron chi connectivity index (χ4n) is 6.64. The molecular formula is C34H31Br3N4O3. The van der Waals surface area contributed by atoms with Gasteiger partial charge in [0, 0.05) is 35.1 Å². The molecule has 5 heterocycles. The van der Waals surface area contributed by atoms with E-state index in [9.17, 15) is 9.59 Å². The Bertz CT molecular complexity index is 2100. The van der Waals surface area contributed by atoms with E-state index in [-0.39, 0.29) is 24.6 Å². The number of hydrogen-bond donors (Lipinski definition) is 2. The number of aromatic nitrogens is 4. The van der Waals surface area contributed by atoms with Gasteiger partial charge in [-0.05, 0) is 122 Å². The van der Waals surface area contributed by atoms with Crippen molar-refractivity contribution in [3.8, 4) is 0 Å². The smallest absolute Gasteiger partial charge is 0.305 e. The van der Waals surface area contributed by atoms with E-state index in [1.165, 1.54) is 7.11 Å². The van der Waals surface area contributed by atoms with E-state index in [0.29, 0.717) is 17.7 Å². The molecule has 3 aromatic rings. The van der Waals surface area contributed by atoms with Crippen molar-refractivity contribution in [2.24, 2.45) is 0 Å². The van der Waals surface area contributed by atoms with Crippen LogP contribution in [0.2, 0.25) is 0 Å². The average Bonchev–Trinajstić information content (AvgIpc) is 3.78. The van der Waals surface area contributed by atoms with Gasteiger partial charge < -0.3 is 14.7 Å². The van der Waals surface area contributed by atoms with Gasteiger partial charge in [-0.2, -0.15) is 0 Å². The number of allylic oxidation sites excluding steroid dienone is 5. The summed E-state index contributed by atoms with van der Waals surface area (Å²) in [5, 5.41) is 0. The van der Waals surface area contributed by atoms with E-state index in [4.69, 9.17) is 14.7 Å². The number of Topliss-reactive ketones (excluding diaryl/α,β-unsaturated/α-hetero) is 1. The van der Waals surface area contributed by atoms with Crippen molar-refractivity contribution in [2.45, 2.75) is 60.3 Å². The van der Waals surface area contributed by atoms with Crippen molar-refractivity contribution in [3.05, 3.63) is 76.7 Å². The third-order valence-corrected chi connectivity index (χ3v) is 11.4. The Hall–Kier alpha value is -3.08. The van der Waals surface area contributed by atoms with Crippen molar-refractivity contribution >= 4 is 104 Å². The van der Waals surface area contributed by atoms with Gasteiger partial charge in [-0.3, -0.25) is 9.59 Å². The van der Waals surface area contributed by atoms with Crippen LogP contribution in [0.5, 0.6) is 0 Å². The summed E-state index contributed by atoms with van der Waals surface area (Å²) in [5.74, 6) is -0.260. The van der Waals surface area contributed by atoms with Crippen LogP contribution in [0.1, 0.15) is 77.8 Å². The van der Waals surface area contributed by atoms with E-state index in [1.807, 2.05) is 26.8 Å². The lowest BCUT2D eigenvalue weighted by Gasteiger charge is -2.03. The number of aromatic amines is 2. The van der Waals surface area contributed by atoms with E-state index in [1.54, 1.807) is 0 Å². The number of methoxy groups -OCH3 is 1. The second kappa shape index (κ2) is 11.4. The van der Waals surface area contributed by atoms with Crippen LogP contribution in [0.4, 0.5) is 0 Å². The van der Waals surface area contributed by atoms with Gasteiger partial charge in [-0.1, -0.05) is 19.6 Å². The number of nitrogens with one attached hydrogen (secondary N) is 2. The van der Waals surface area contributed by atoms with Crippen LogP contribution < -0.4 is 0 Å². The highest BCUT2D eigenvalue weighted by Crippen LogP contribution is 2.45. The van der Waals surface area contributed by atoms with Crippen molar-refractivity contribution in [2.75, 3.05) is 7.11 Å². The topological polar surface area (TPSA) is 101 Å². The zero-order valence-electron chi connectivity index (χ0n) is 25.4. The molecule has 2 aliphatic heterocycles. The third-order valence-electron chi connectivity index (χ3n) is 9.04. The van der Waals surface area contributed by atoms with Gasteiger partial charge in [-0.15, -0.1) is 0 Å². The molecule has 0 aromatic carbocycles. The van der Waals surface area contributed by atoms with Gasteiger partial charge in [-0.25, -0.2) is 9.97 Å². The molecule has 0 saturated heterocycles. The summed E-state index contributed by atoms with van der Waals surface area (Å²) in [6.07, 6.45) is 3.52. The lowest BCUT2D eigenvalue weighted by Crippen LogP contribution is -2.03. The minimum Gasteiger partial charge on any atom is -0.469 e. The molecule has 7 nitrogen and oxygen atoms in total. The number of ether oxygens (including phenoxy) is 1. The van der Waals surface area contributed by atoms with Crippen molar-refractivity contribution in [3.63, 3.8) is 0 Å². The Morgan fingerprint density at radius 1 is 0.864 bits per heavy atom. The number of aryl methyl sites for hydroxylation is 4. The van der Waals surface area contributed by atoms with E-state index < -0.39 is 0 Å².